The van der Waals surface area contributed by atoms with Crippen molar-refractivity contribution in [1.29, 1.82) is 0 Å². The van der Waals surface area contributed by atoms with Crippen molar-refractivity contribution in [2.75, 3.05) is 26.2 Å². The summed E-state index contributed by atoms with van der Waals surface area (Å²) in [4.78, 5) is 0. The molecule has 3 heteroatoms. The Balaban J connectivity index is 0.000000180. The molecule has 2 nitrogen and oxygen atoms in total. The zero-order chi connectivity index (χ0) is 55.1. The van der Waals surface area contributed by atoms with Crippen LogP contribution in [0.15, 0.2) is 303 Å². The number of nitrogens with zero attached hydrogens (tertiary/aromatic N) is 2. The molecule has 0 radical (unpaired) electrons. The molecule has 0 bridgehead atoms. The molecule has 398 valence electrons. The molecule has 0 aliphatic carbocycles. The van der Waals surface area contributed by atoms with Crippen LogP contribution in [-0.2, 0) is 21.1 Å². The molecule has 0 saturated carbocycles. The van der Waals surface area contributed by atoms with Crippen molar-refractivity contribution in [3.8, 4) is 111 Å². The van der Waals surface area contributed by atoms with Gasteiger partial charge in [0.05, 0.1) is 0 Å². The molecule has 0 spiro atoms. The van der Waals surface area contributed by atoms with Gasteiger partial charge >= 0.3 is 21.1 Å². The van der Waals surface area contributed by atoms with Crippen LogP contribution < -0.4 is 0 Å². The fourth-order valence-corrected chi connectivity index (χ4v) is 10.6. The quantitative estimate of drug-likeness (QED) is 0.0767. The second-order valence-corrected chi connectivity index (χ2v) is 19.1. The third-order valence-corrected chi connectivity index (χ3v) is 14.0. The van der Waals surface area contributed by atoms with Crippen molar-refractivity contribution in [1.82, 2.24) is 0 Å². The maximum Gasteiger partial charge on any atom is 4.00 e. The third kappa shape index (κ3) is 14.3. The van der Waals surface area contributed by atoms with E-state index in [0.717, 1.165) is 26.2 Å². The Morgan fingerprint density at radius 3 is 0.506 bits per heavy atom. The second-order valence-electron chi connectivity index (χ2n) is 19.1. The van der Waals surface area contributed by atoms with Crippen LogP contribution in [0.3, 0.4) is 0 Å². The summed E-state index contributed by atoms with van der Waals surface area (Å²) in [6, 6.07) is 108. The standard InChI is InChI=1S/2C35H25.2C4H10N.Mo/c2*1-6-16-26(17-7-1)31-32(27-18-8-2-9-19-27)34(29-22-12-4-13-23-29)35(30-24-14-5-15-25-30)33(31)28-20-10-3-11-21-28;2*1-3-5-4-2;/h2*1-25H;2*3-4H2,1-2H3;/q4*-1;+4. The van der Waals surface area contributed by atoms with Crippen LogP contribution in [0.4, 0.5) is 0 Å². The normalized spacial score (nSPS) is 10.4. The van der Waals surface area contributed by atoms with E-state index in [1.54, 1.807) is 0 Å². The molecule has 0 fully saturated rings. The van der Waals surface area contributed by atoms with Gasteiger partial charge in [-0.05, 0) is 22.3 Å². The Morgan fingerprint density at radius 1 is 0.210 bits per heavy atom. The van der Waals surface area contributed by atoms with Crippen molar-refractivity contribution in [2.24, 2.45) is 0 Å². The molecular formula is C78H70MoN2. The van der Waals surface area contributed by atoms with E-state index >= 15 is 0 Å². The Hall–Kier alpha value is -8.49. The largest absolute Gasteiger partial charge is 4.00 e. The van der Waals surface area contributed by atoms with Crippen LogP contribution in [0.5, 0.6) is 0 Å². The van der Waals surface area contributed by atoms with Gasteiger partial charge in [0.15, 0.2) is 0 Å². The topological polar surface area (TPSA) is 28.2 Å². The zero-order valence-electron chi connectivity index (χ0n) is 47.0. The first-order valence-corrected chi connectivity index (χ1v) is 28.2. The monoisotopic (exact) mass is 1130 g/mol. The number of benzene rings is 10. The minimum absolute atomic E-state index is 0. The second kappa shape index (κ2) is 30.8. The van der Waals surface area contributed by atoms with Crippen molar-refractivity contribution in [3.05, 3.63) is 314 Å². The Bertz CT molecular complexity index is 2830. The summed E-state index contributed by atoms with van der Waals surface area (Å²) >= 11 is 0. The molecule has 0 atom stereocenters. The van der Waals surface area contributed by atoms with E-state index in [0.29, 0.717) is 0 Å². The first-order chi connectivity index (χ1) is 39.7. The van der Waals surface area contributed by atoms with Gasteiger partial charge in [0.1, 0.15) is 0 Å². The summed E-state index contributed by atoms with van der Waals surface area (Å²) in [5.74, 6) is 0. The molecule has 12 aromatic rings. The van der Waals surface area contributed by atoms with Gasteiger partial charge in [-0.15, -0.1) is 0 Å². The zero-order valence-corrected chi connectivity index (χ0v) is 49.0. The first-order valence-electron chi connectivity index (χ1n) is 28.2. The smallest absolute Gasteiger partial charge is 0.663 e. The summed E-state index contributed by atoms with van der Waals surface area (Å²) in [5, 5.41) is 7.94. The van der Waals surface area contributed by atoms with Gasteiger partial charge in [-0.2, -0.15) is 26.2 Å². The van der Waals surface area contributed by atoms with E-state index in [2.05, 4.69) is 314 Å². The van der Waals surface area contributed by atoms with Crippen LogP contribution in [0.1, 0.15) is 27.7 Å². The minimum Gasteiger partial charge on any atom is -0.663 e. The van der Waals surface area contributed by atoms with E-state index in [1.807, 2.05) is 27.7 Å². The van der Waals surface area contributed by atoms with Crippen molar-refractivity contribution >= 4 is 0 Å². The van der Waals surface area contributed by atoms with Crippen LogP contribution in [0, 0.1) is 0 Å². The minimum atomic E-state index is 0. The van der Waals surface area contributed by atoms with Gasteiger partial charge in [0, 0.05) is 0 Å². The number of hydrogen-bond acceptors (Lipinski definition) is 0. The molecule has 0 saturated heterocycles. The van der Waals surface area contributed by atoms with Gasteiger partial charge in [-0.3, -0.25) is 0 Å². The summed E-state index contributed by atoms with van der Waals surface area (Å²) in [6.07, 6.45) is 0. The fourth-order valence-electron chi connectivity index (χ4n) is 10.6. The predicted molar refractivity (Wildman–Crippen MR) is 347 cm³/mol. The van der Waals surface area contributed by atoms with E-state index in [1.165, 1.54) is 111 Å². The molecule has 0 heterocycles. The average Bonchev–Trinajstić information content (AvgIpc) is 4.29. The first kappa shape index (κ1) is 58.7. The van der Waals surface area contributed by atoms with Crippen LogP contribution >= 0.6 is 0 Å². The van der Waals surface area contributed by atoms with Gasteiger partial charge in [-0.1, -0.05) is 420 Å². The van der Waals surface area contributed by atoms with E-state index in [9.17, 15) is 0 Å². The molecule has 0 aromatic heterocycles. The molecule has 0 N–H and O–H groups in total. The molecule has 0 amide bonds. The van der Waals surface area contributed by atoms with Gasteiger partial charge < -0.3 is 10.6 Å². The summed E-state index contributed by atoms with van der Waals surface area (Å²) < 4.78 is 0. The van der Waals surface area contributed by atoms with Crippen LogP contribution in [-0.4, -0.2) is 26.2 Å². The summed E-state index contributed by atoms with van der Waals surface area (Å²) in [7, 11) is 0. The third-order valence-electron chi connectivity index (χ3n) is 14.0. The fraction of sp³-hybridized carbons (Fsp3) is 0.103. The van der Waals surface area contributed by atoms with Gasteiger partial charge in [0.2, 0.25) is 0 Å². The maximum atomic E-state index is 3.97. The van der Waals surface area contributed by atoms with Crippen LogP contribution in [0.2, 0.25) is 0 Å². The van der Waals surface area contributed by atoms with Gasteiger partial charge in [0.25, 0.3) is 0 Å². The Morgan fingerprint density at radius 2 is 0.358 bits per heavy atom. The summed E-state index contributed by atoms with van der Waals surface area (Å²) in [6.45, 7) is 12.1. The SMILES string of the molecule is CC[N-]CC.CC[N-]CC.[Mo+4].c1ccc(-c2c(-c3ccccc3)c(-c3ccccc3)[c-](-c3ccccc3)c2-c2ccccc2)cc1.c1ccc(-c2c(-c3ccccc3)c(-c3ccccc3)[c-](-c3ccccc3)c2-c2ccccc2)cc1. The molecule has 81 heavy (non-hydrogen) atoms. The van der Waals surface area contributed by atoms with Crippen molar-refractivity contribution in [3.63, 3.8) is 0 Å². The number of hydrogen-bond donors (Lipinski definition) is 0. The molecule has 0 aliphatic rings. The summed E-state index contributed by atoms with van der Waals surface area (Å²) in [5.41, 5.74) is 25.0. The number of rotatable bonds is 14. The predicted octanol–water partition coefficient (Wildman–Crippen LogP) is 22.3. The average molecular weight is 1130 g/mol. The van der Waals surface area contributed by atoms with Crippen molar-refractivity contribution in [2.45, 2.75) is 27.7 Å². The van der Waals surface area contributed by atoms with E-state index < -0.39 is 0 Å². The Kier molecular flexibility index (Phi) is 22.3. The molecule has 0 aliphatic heterocycles. The molecular weight excluding hydrogens is 1060 g/mol. The van der Waals surface area contributed by atoms with E-state index in [4.69, 9.17) is 0 Å². The maximum absolute atomic E-state index is 3.97. The molecule has 0 unspecified atom stereocenters. The van der Waals surface area contributed by atoms with Gasteiger partial charge in [-0.25, -0.2) is 0 Å². The van der Waals surface area contributed by atoms with E-state index in [-0.39, 0.29) is 21.1 Å². The molecule has 12 aromatic carbocycles. The Labute approximate surface area is 496 Å². The molecule has 12 rings (SSSR count). The van der Waals surface area contributed by atoms with Crippen molar-refractivity contribution < 1.29 is 21.1 Å². The van der Waals surface area contributed by atoms with Crippen LogP contribution in [0.25, 0.3) is 122 Å².